The zero-order chi connectivity index (χ0) is 16.7. The van der Waals surface area contributed by atoms with Gasteiger partial charge in [0.1, 0.15) is 5.75 Å². The van der Waals surface area contributed by atoms with Crippen molar-refractivity contribution in [1.29, 1.82) is 0 Å². The Morgan fingerprint density at radius 1 is 1.26 bits per heavy atom. The Morgan fingerprint density at radius 2 is 2.00 bits per heavy atom. The van der Waals surface area contributed by atoms with Gasteiger partial charge in [0.05, 0.1) is 7.11 Å². The maximum atomic E-state index is 5.99. The average Bonchev–Trinajstić information content (AvgIpc) is 2.56. The molecule has 0 spiro atoms. The van der Waals surface area contributed by atoms with Gasteiger partial charge >= 0.3 is 0 Å². The first-order valence-electron chi connectivity index (χ1n) is 7.71. The molecule has 0 saturated carbocycles. The van der Waals surface area contributed by atoms with Crippen LogP contribution in [0.15, 0.2) is 53.8 Å². The molecule has 1 heterocycles. The number of guanidine groups is 1. The number of methoxy groups -OCH3 is 1. The molecule has 0 saturated heterocycles. The standard InChI is InChI=1S/C18H24N4O/c1-13(2)17(14-5-4-10-20-11-14)12-21-18(19)22-15-6-8-16(23-3)9-7-15/h4-11,13,17H,12H2,1-3H3,(H3,19,21,22). The Hall–Kier alpha value is -2.56. The number of nitrogens with one attached hydrogen (secondary N) is 1. The number of pyridine rings is 1. The van der Waals surface area contributed by atoms with Gasteiger partial charge in [-0.2, -0.15) is 0 Å². The fourth-order valence-electron chi connectivity index (χ4n) is 2.35. The third kappa shape index (κ3) is 4.98. The second-order valence-corrected chi connectivity index (χ2v) is 5.72. The van der Waals surface area contributed by atoms with E-state index in [4.69, 9.17) is 10.5 Å². The number of nitrogens with zero attached hydrogens (tertiary/aromatic N) is 2. The molecule has 23 heavy (non-hydrogen) atoms. The Balaban J connectivity index is 2.01. The van der Waals surface area contributed by atoms with Gasteiger partial charge < -0.3 is 15.8 Å². The van der Waals surface area contributed by atoms with E-state index in [0.29, 0.717) is 24.3 Å². The van der Waals surface area contributed by atoms with Crippen molar-refractivity contribution in [2.45, 2.75) is 19.8 Å². The van der Waals surface area contributed by atoms with Crippen molar-refractivity contribution in [3.8, 4) is 5.75 Å². The zero-order valence-electron chi connectivity index (χ0n) is 13.9. The minimum Gasteiger partial charge on any atom is -0.497 e. The minimum absolute atomic E-state index is 0.292. The third-order valence-corrected chi connectivity index (χ3v) is 3.74. The first kappa shape index (κ1) is 16.8. The van der Waals surface area contributed by atoms with Gasteiger partial charge in [-0.15, -0.1) is 0 Å². The number of anilines is 1. The molecule has 1 aromatic carbocycles. The van der Waals surface area contributed by atoms with Crippen LogP contribution in [0.2, 0.25) is 0 Å². The smallest absolute Gasteiger partial charge is 0.193 e. The molecule has 0 bridgehead atoms. The van der Waals surface area contributed by atoms with Gasteiger partial charge in [0.25, 0.3) is 0 Å². The highest BCUT2D eigenvalue weighted by Gasteiger charge is 2.15. The number of hydrogen-bond acceptors (Lipinski definition) is 3. The molecule has 0 aliphatic heterocycles. The Kier molecular flexibility index (Phi) is 5.97. The molecular formula is C18H24N4O. The average molecular weight is 312 g/mol. The zero-order valence-corrected chi connectivity index (χ0v) is 13.9. The van der Waals surface area contributed by atoms with Crippen LogP contribution in [0.3, 0.4) is 0 Å². The summed E-state index contributed by atoms with van der Waals surface area (Å²) in [6.45, 7) is 4.99. The van der Waals surface area contributed by atoms with Crippen LogP contribution in [0.1, 0.15) is 25.3 Å². The van der Waals surface area contributed by atoms with E-state index in [-0.39, 0.29) is 0 Å². The van der Waals surface area contributed by atoms with Gasteiger partial charge in [0.2, 0.25) is 0 Å². The topological polar surface area (TPSA) is 72.5 Å². The van der Waals surface area contributed by atoms with Crippen molar-refractivity contribution in [2.75, 3.05) is 19.0 Å². The molecule has 2 aromatic rings. The lowest BCUT2D eigenvalue weighted by Crippen LogP contribution is -2.24. The fourth-order valence-corrected chi connectivity index (χ4v) is 2.35. The van der Waals surface area contributed by atoms with E-state index in [1.807, 2.05) is 36.5 Å². The molecule has 122 valence electrons. The van der Waals surface area contributed by atoms with Gasteiger partial charge in [0.15, 0.2) is 5.96 Å². The SMILES string of the molecule is COc1ccc(NC(N)=NCC(c2cccnc2)C(C)C)cc1. The highest BCUT2D eigenvalue weighted by molar-refractivity contribution is 5.92. The summed E-state index contributed by atoms with van der Waals surface area (Å²) in [4.78, 5) is 8.68. The molecular weight excluding hydrogens is 288 g/mol. The van der Waals surface area contributed by atoms with Crippen LogP contribution in [-0.2, 0) is 0 Å². The highest BCUT2D eigenvalue weighted by atomic mass is 16.5. The Bertz CT molecular complexity index is 623. The summed E-state index contributed by atoms with van der Waals surface area (Å²) in [6, 6.07) is 11.6. The summed E-state index contributed by atoms with van der Waals surface area (Å²) in [5.74, 6) is 1.96. The molecule has 0 aliphatic rings. The number of aromatic nitrogens is 1. The summed E-state index contributed by atoms with van der Waals surface area (Å²) in [6.07, 6.45) is 3.68. The van der Waals surface area contributed by atoms with Gasteiger partial charge in [-0.25, -0.2) is 0 Å². The van der Waals surface area contributed by atoms with Gasteiger partial charge in [-0.05, 0) is 41.8 Å². The van der Waals surface area contributed by atoms with Crippen LogP contribution < -0.4 is 15.8 Å². The monoisotopic (exact) mass is 312 g/mol. The highest BCUT2D eigenvalue weighted by Crippen LogP contribution is 2.24. The number of aliphatic imine (C=N–C) groups is 1. The minimum atomic E-state index is 0.292. The van der Waals surface area contributed by atoms with Crippen molar-refractivity contribution < 1.29 is 4.74 Å². The summed E-state index contributed by atoms with van der Waals surface area (Å²) in [5, 5.41) is 3.10. The first-order valence-corrected chi connectivity index (χ1v) is 7.71. The summed E-state index contributed by atoms with van der Waals surface area (Å²) in [7, 11) is 1.64. The molecule has 0 radical (unpaired) electrons. The fraction of sp³-hybridized carbons (Fsp3) is 0.333. The van der Waals surface area contributed by atoms with E-state index >= 15 is 0 Å². The maximum absolute atomic E-state index is 5.99. The molecule has 0 aliphatic carbocycles. The summed E-state index contributed by atoms with van der Waals surface area (Å²) < 4.78 is 5.13. The number of hydrogen-bond donors (Lipinski definition) is 2. The van der Waals surface area contributed by atoms with Crippen LogP contribution in [0.25, 0.3) is 0 Å². The Morgan fingerprint density at radius 3 is 2.57 bits per heavy atom. The molecule has 5 nitrogen and oxygen atoms in total. The second-order valence-electron chi connectivity index (χ2n) is 5.72. The maximum Gasteiger partial charge on any atom is 0.193 e. The largest absolute Gasteiger partial charge is 0.497 e. The van der Waals surface area contributed by atoms with E-state index in [1.165, 1.54) is 5.56 Å². The molecule has 0 amide bonds. The summed E-state index contributed by atoms with van der Waals surface area (Å²) >= 11 is 0. The number of benzene rings is 1. The van der Waals surface area contributed by atoms with E-state index in [0.717, 1.165) is 11.4 Å². The molecule has 5 heteroatoms. The first-order chi connectivity index (χ1) is 11.1. The molecule has 2 rings (SSSR count). The molecule has 1 atom stereocenters. The lowest BCUT2D eigenvalue weighted by atomic mass is 9.89. The lowest BCUT2D eigenvalue weighted by molar-refractivity contribution is 0.415. The van der Waals surface area contributed by atoms with E-state index < -0.39 is 0 Å². The van der Waals surface area contributed by atoms with Crippen LogP contribution in [0, 0.1) is 5.92 Å². The second kappa shape index (κ2) is 8.17. The van der Waals surface area contributed by atoms with E-state index in [9.17, 15) is 0 Å². The quantitative estimate of drug-likeness (QED) is 0.634. The predicted molar refractivity (Wildman–Crippen MR) is 94.9 cm³/mol. The Labute approximate surface area is 137 Å². The van der Waals surface area contributed by atoms with Crippen molar-refractivity contribution in [2.24, 2.45) is 16.6 Å². The third-order valence-electron chi connectivity index (χ3n) is 3.74. The number of rotatable bonds is 6. The normalized spacial score (nSPS) is 13.0. The van der Waals surface area contributed by atoms with Crippen LogP contribution in [-0.4, -0.2) is 24.6 Å². The summed E-state index contributed by atoms with van der Waals surface area (Å²) in [5.41, 5.74) is 8.06. The van der Waals surface area contributed by atoms with E-state index in [2.05, 4.69) is 35.2 Å². The number of ether oxygens (including phenoxy) is 1. The molecule has 1 aromatic heterocycles. The van der Waals surface area contributed by atoms with E-state index in [1.54, 1.807) is 13.3 Å². The van der Waals surface area contributed by atoms with Crippen LogP contribution >= 0.6 is 0 Å². The van der Waals surface area contributed by atoms with Crippen molar-refractivity contribution in [3.63, 3.8) is 0 Å². The predicted octanol–water partition coefficient (Wildman–Crippen LogP) is 3.26. The molecule has 3 N–H and O–H groups in total. The lowest BCUT2D eigenvalue weighted by Gasteiger charge is -2.19. The van der Waals surface area contributed by atoms with Crippen LogP contribution in [0.4, 0.5) is 5.69 Å². The molecule has 0 fully saturated rings. The number of nitrogens with two attached hydrogens (primary N) is 1. The van der Waals surface area contributed by atoms with Crippen LogP contribution in [0.5, 0.6) is 5.75 Å². The van der Waals surface area contributed by atoms with Gasteiger partial charge in [-0.3, -0.25) is 9.98 Å². The van der Waals surface area contributed by atoms with Crippen molar-refractivity contribution in [3.05, 3.63) is 54.4 Å². The van der Waals surface area contributed by atoms with Crippen molar-refractivity contribution in [1.82, 2.24) is 4.98 Å². The molecule has 1 unspecified atom stereocenters. The van der Waals surface area contributed by atoms with Gasteiger partial charge in [0, 0.05) is 30.5 Å². The van der Waals surface area contributed by atoms with Gasteiger partial charge in [-0.1, -0.05) is 19.9 Å². The van der Waals surface area contributed by atoms with Crippen molar-refractivity contribution >= 4 is 11.6 Å².